The minimum absolute atomic E-state index is 0.0438. The fraction of sp³-hybridized carbons (Fsp3) is 0.870. The number of aliphatic carboxylic acids is 1. The normalized spacial score (nSPS) is 10.9. The molecule has 0 heterocycles. The summed E-state index contributed by atoms with van der Waals surface area (Å²) >= 11 is 0. The molecule has 32 heavy (non-hydrogen) atoms. The lowest BCUT2D eigenvalue weighted by Gasteiger charge is -2.08. The van der Waals surface area contributed by atoms with Gasteiger partial charge in [-0.3, -0.25) is 9.59 Å². The van der Waals surface area contributed by atoms with Gasteiger partial charge in [0.15, 0.2) is 0 Å². The number of ether oxygens (including phenoxy) is 5. The van der Waals surface area contributed by atoms with Crippen LogP contribution in [-0.4, -0.2) is 82.3 Å². The molecule has 0 bridgehead atoms. The molecule has 0 aromatic rings. The molecule has 0 radical (unpaired) electrons. The quantitative estimate of drug-likeness (QED) is 0.124. The fourth-order valence-electron chi connectivity index (χ4n) is 2.71. The first-order chi connectivity index (χ1) is 15.6. The van der Waals surface area contributed by atoms with Gasteiger partial charge in [-0.1, -0.05) is 51.9 Å². The Bertz CT molecular complexity index is 468. The summed E-state index contributed by atoms with van der Waals surface area (Å²) in [6, 6.07) is 0. The molecule has 0 aliphatic rings. The van der Waals surface area contributed by atoms with E-state index < -0.39 is 17.7 Å². The van der Waals surface area contributed by atoms with Gasteiger partial charge in [-0.25, -0.2) is 4.79 Å². The number of hydrogen-bond acceptors (Lipinski definition) is 8. The molecule has 0 aromatic heterocycles. The van der Waals surface area contributed by atoms with Gasteiger partial charge in [-0.15, -0.1) is 0 Å². The maximum Gasteiger partial charge on any atom is 0.372 e. The molecule has 0 fully saturated rings. The number of esters is 1. The highest BCUT2D eigenvalue weighted by atomic mass is 16.6. The van der Waals surface area contributed by atoms with Crippen molar-refractivity contribution in [2.75, 3.05) is 59.5 Å². The molecular weight excluding hydrogens is 420 g/mol. The summed E-state index contributed by atoms with van der Waals surface area (Å²) in [5.74, 6) is -3.18. The highest BCUT2D eigenvalue weighted by Gasteiger charge is 2.14. The maximum absolute atomic E-state index is 11.3. The van der Waals surface area contributed by atoms with Crippen LogP contribution in [0.5, 0.6) is 0 Å². The molecule has 1 N–H and O–H groups in total. The number of rotatable bonds is 25. The summed E-state index contributed by atoms with van der Waals surface area (Å²) in [5.41, 5.74) is 0. The molecule has 0 saturated carbocycles. The molecular formula is C23H42O9. The van der Waals surface area contributed by atoms with Crippen molar-refractivity contribution in [3.8, 4) is 0 Å². The standard InChI is InChI=1S/C23H42O9/c1-2-3-4-5-6-7-8-9-12-28-13-14-29-15-16-30-17-18-31-19-20-32-22(25)11-10-21(24)23(26)27/h2-20H2,1H3,(H,26,27). The Balaban J connectivity index is 3.15. The van der Waals surface area contributed by atoms with Crippen molar-refractivity contribution < 1.29 is 43.2 Å². The number of Topliss-reactive ketones (excluding diaryl/α,β-unsaturated/α-hetero) is 1. The molecule has 0 amide bonds. The first kappa shape index (κ1) is 30.4. The first-order valence-corrected chi connectivity index (χ1v) is 11.8. The summed E-state index contributed by atoms with van der Waals surface area (Å²) in [4.78, 5) is 32.5. The predicted octanol–water partition coefficient (Wildman–Crippen LogP) is 3.17. The van der Waals surface area contributed by atoms with Gasteiger partial charge in [0, 0.05) is 13.0 Å². The van der Waals surface area contributed by atoms with Gasteiger partial charge in [0.25, 0.3) is 0 Å². The summed E-state index contributed by atoms with van der Waals surface area (Å²) in [7, 11) is 0. The summed E-state index contributed by atoms with van der Waals surface area (Å²) < 4.78 is 26.4. The van der Waals surface area contributed by atoms with Crippen molar-refractivity contribution in [1.29, 1.82) is 0 Å². The van der Waals surface area contributed by atoms with Crippen LogP contribution in [0.1, 0.15) is 71.1 Å². The van der Waals surface area contributed by atoms with E-state index >= 15 is 0 Å². The van der Waals surface area contributed by atoms with Crippen LogP contribution in [0.3, 0.4) is 0 Å². The highest BCUT2D eigenvalue weighted by Crippen LogP contribution is 2.08. The number of carbonyl (C=O) groups excluding carboxylic acids is 2. The number of ketones is 1. The molecule has 9 heteroatoms. The van der Waals surface area contributed by atoms with E-state index in [-0.39, 0.29) is 26.1 Å². The van der Waals surface area contributed by atoms with Gasteiger partial charge in [-0.05, 0) is 6.42 Å². The molecule has 9 nitrogen and oxygen atoms in total. The van der Waals surface area contributed by atoms with Gasteiger partial charge < -0.3 is 28.8 Å². The lowest BCUT2D eigenvalue weighted by molar-refractivity contribution is -0.151. The van der Waals surface area contributed by atoms with Gasteiger partial charge in [0.05, 0.1) is 52.7 Å². The van der Waals surface area contributed by atoms with Crippen molar-refractivity contribution in [2.24, 2.45) is 0 Å². The zero-order valence-electron chi connectivity index (χ0n) is 19.6. The Kier molecular flexibility index (Phi) is 22.9. The lowest BCUT2D eigenvalue weighted by atomic mass is 10.1. The van der Waals surface area contributed by atoms with E-state index in [4.69, 9.17) is 28.8 Å². The second-order valence-electron chi connectivity index (χ2n) is 7.37. The number of carboxylic acid groups (broad SMARTS) is 1. The number of carboxylic acids is 1. The molecule has 0 spiro atoms. The lowest BCUT2D eigenvalue weighted by Crippen LogP contribution is -2.17. The largest absolute Gasteiger partial charge is 0.476 e. The molecule has 0 unspecified atom stereocenters. The Morgan fingerprint density at radius 3 is 1.50 bits per heavy atom. The van der Waals surface area contributed by atoms with E-state index in [0.717, 1.165) is 13.0 Å². The van der Waals surface area contributed by atoms with Crippen molar-refractivity contribution in [2.45, 2.75) is 71.1 Å². The molecule has 0 aromatic carbocycles. The van der Waals surface area contributed by atoms with Gasteiger partial charge in [0.1, 0.15) is 6.61 Å². The molecule has 0 rings (SSSR count). The van der Waals surface area contributed by atoms with Crippen LogP contribution in [0.4, 0.5) is 0 Å². The fourth-order valence-corrected chi connectivity index (χ4v) is 2.71. The minimum Gasteiger partial charge on any atom is -0.476 e. The predicted molar refractivity (Wildman–Crippen MR) is 119 cm³/mol. The van der Waals surface area contributed by atoms with Crippen molar-refractivity contribution in [3.63, 3.8) is 0 Å². The van der Waals surface area contributed by atoms with Crippen LogP contribution < -0.4 is 0 Å². The first-order valence-electron chi connectivity index (χ1n) is 11.8. The Morgan fingerprint density at radius 2 is 1.00 bits per heavy atom. The topological polar surface area (TPSA) is 118 Å². The second kappa shape index (κ2) is 24.1. The third-order valence-electron chi connectivity index (χ3n) is 4.54. The smallest absolute Gasteiger partial charge is 0.372 e. The van der Waals surface area contributed by atoms with Gasteiger partial charge in [-0.2, -0.15) is 0 Å². The van der Waals surface area contributed by atoms with Crippen LogP contribution in [0.25, 0.3) is 0 Å². The summed E-state index contributed by atoms with van der Waals surface area (Å²) in [6.45, 7) is 6.15. The van der Waals surface area contributed by atoms with Crippen LogP contribution in [0.15, 0.2) is 0 Å². The average Bonchev–Trinajstić information content (AvgIpc) is 2.78. The number of unbranched alkanes of at least 4 members (excludes halogenated alkanes) is 7. The van der Waals surface area contributed by atoms with E-state index in [1.807, 2.05) is 0 Å². The Labute approximate surface area is 192 Å². The Morgan fingerprint density at radius 1 is 0.562 bits per heavy atom. The van der Waals surface area contributed by atoms with E-state index in [9.17, 15) is 14.4 Å². The SMILES string of the molecule is CCCCCCCCCCOCCOCCOCCOCCOC(=O)CCC(=O)C(=O)O. The third-order valence-corrected chi connectivity index (χ3v) is 4.54. The molecule has 0 saturated heterocycles. The number of hydrogen-bond donors (Lipinski definition) is 1. The third kappa shape index (κ3) is 23.1. The van der Waals surface area contributed by atoms with Crippen LogP contribution in [0.2, 0.25) is 0 Å². The highest BCUT2D eigenvalue weighted by molar-refractivity contribution is 6.32. The summed E-state index contributed by atoms with van der Waals surface area (Å²) in [5, 5.41) is 8.40. The molecule has 0 atom stereocenters. The van der Waals surface area contributed by atoms with Gasteiger partial charge >= 0.3 is 11.9 Å². The van der Waals surface area contributed by atoms with E-state index in [1.165, 1.54) is 44.9 Å². The zero-order valence-corrected chi connectivity index (χ0v) is 19.6. The second-order valence-corrected chi connectivity index (χ2v) is 7.37. The van der Waals surface area contributed by atoms with Crippen LogP contribution in [0, 0.1) is 0 Å². The Hall–Kier alpha value is -1.55. The zero-order chi connectivity index (χ0) is 23.7. The van der Waals surface area contributed by atoms with E-state index in [2.05, 4.69) is 6.92 Å². The maximum atomic E-state index is 11.3. The van der Waals surface area contributed by atoms with E-state index in [1.54, 1.807) is 0 Å². The van der Waals surface area contributed by atoms with Crippen LogP contribution in [-0.2, 0) is 38.1 Å². The molecule has 0 aliphatic carbocycles. The average molecular weight is 463 g/mol. The number of carbonyl (C=O) groups is 3. The molecule has 0 aliphatic heterocycles. The van der Waals surface area contributed by atoms with Gasteiger partial charge in [0.2, 0.25) is 5.78 Å². The monoisotopic (exact) mass is 462 g/mol. The van der Waals surface area contributed by atoms with Crippen molar-refractivity contribution >= 4 is 17.7 Å². The summed E-state index contributed by atoms with van der Waals surface area (Å²) in [6.07, 6.45) is 9.73. The van der Waals surface area contributed by atoms with E-state index in [0.29, 0.717) is 39.6 Å². The minimum atomic E-state index is -1.55. The van der Waals surface area contributed by atoms with Crippen molar-refractivity contribution in [1.82, 2.24) is 0 Å². The molecule has 188 valence electrons. The van der Waals surface area contributed by atoms with Crippen LogP contribution >= 0.6 is 0 Å². The van der Waals surface area contributed by atoms with Crippen molar-refractivity contribution in [3.05, 3.63) is 0 Å².